The Morgan fingerprint density at radius 1 is 1.38 bits per heavy atom. The Hall–Kier alpha value is -0.520. The molecule has 0 aromatic rings. The van der Waals surface area contributed by atoms with E-state index in [4.69, 9.17) is 0 Å². The molecule has 0 aromatic heterocycles. The van der Waals surface area contributed by atoms with Crippen LogP contribution in [0.3, 0.4) is 0 Å². The van der Waals surface area contributed by atoms with Crippen molar-refractivity contribution in [2.75, 3.05) is 0 Å². The van der Waals surface area contributed by atoms with Gasteiger partial charge < -0.3 is 0 Å². The first-order valence-corrected chi connectivity index (χ1v) is 5.72. The van der Waals surface area contributed by atoms with Gasteiger partial charge in [0.25, 0.3) is 0 Å². The summed E-state index contributed by atoms with van der Waals surface area (Å²) in [5.74, 6) is 2.86. The SMILES string of the molecule is CCC12C=CCCC(C1)C1C=CC12. The summed E-state index contributed by atoms with van der Waals surface area (Å²) in [6.07, 6.45) is 15.5. The molecule has 0 N–H and O–H groups in total. The average Bonchev–Trinajstić information content (AvgIpc) is 2.24. The third-order valence-corrected chi connectivity index (χ3v) is 4.62. The van der Waals surface area contributed by atoms with E-state index in [0.717, 1.165) is 17.8 Å². The van der Waals surface area contributed by atoms with Gasteiger partial charge in [-0.3, -0.25) is 0 Å². The second-order valence-electron chi connectivity index (χ2n) is 5.02. The minimum Gasteiger partial charge on any atom is -0.0879 e. The van der Waals surface area contributed by atoms with E-state index in [1.54, 1.807) is 0 Å². The van der Waals surface area contributed by atoms with Crippen LogP contribution in [-0.4, -0.2) is 0 Å². The molecule has 0 amide bonds. The molecule has 0 aliphatic heterocycles. The normalized spacial score (nSPS) is 51.3. The first-order chi connectivity index (χ1) is 6.36. The summed E-state index contributed by atoms with van der Waals surface area (Å²) < 4.78 is 0. The molecule has 0 heteroatoms. The maximum atomic E-state index is 2.54. The lowest BCUT2D eigenvalue weighted by molar-refractivity contribution is 0.270. The van der Waals surface area contributed by atoms with Gasteiger partial charge in [0.15, 0.2) is 0 Å². The smallest absolute Gasteiger partial charge is 0.00495 e. The van der Waals surface area contributed by atoms with Crippen LogP contribution in [0.5, 0.6) is 0 Å². The summed E-state index contributed by atoms with van der Waals surface area (Å²) in [6.45, 7) is 2.36. The van der Waals surface area contributed by atoms with Crippen LogP contribution in [0, 0.1) is 23.2 Å². The summed E-state index contributed by atoms with van der Waals surface area (Å²) in [5.41, 5.74) is 0.570. The highest BCUT2D eigenvalue weighted by Gasteiger charge is 2.52. The van der Waals surface area contributed by atoms with Gasteiger partial charge in [0.1, 0.15) is 0 Å². The topological polar surface area (TPSA) is 0 Å². The van der Waals surface area contributed by atoms with Crippen LogP contribution >= 0.6 is 0 Å². The predicted octanol–water partition coefficient (Wildman–Crippen LogP) is 3.55. The summed E-state index contributed by atoms with van der Waals surface area (Å²) in [6, 6.07) is 0. The second-order valence-corrected chi connectivity index (χ2v) is 5.02. The number of fused-ring (bicyclic) bond motifs is 5. The van der Waals surface area contributed by atoms with Crippen molar-refractivity contribution in [3.8, 4) is 0 Å². The van der Waals surface area contributed by atoms with Gasteiger partial charge >= 0.3 is 0 Å². The Kier molecular flexibility index (Phi) is 1.51. The van der Waals surface area contributed by atoms with Crippen LogP contribution in [0.25, 0.3) is 0 Å². The molecule has 3 aliphatic rings. The Morgan fingerprint density at radius 2 is 2.31 bits per heavy atom. The van der Waals surface area contributed by atoms with Crippen LogP contribution < -0.4 is 0 Å². The maximum Gasteiger partial charge on any atom is -0.00495 e. The predicted molar refractivity (Wildman–Crippen MR) is 55.3 cm³/mol. The lowest BCUT2D eigenvalue weighted by atomic mass is 9.68. The molecule has 2 bridgehead atoms. The first kappa shape index (κ1) is 7.84. The van der Waals surface area contributed by atoms with Crippen LogP contribution in [-0.2, 0) is 0 Å². The summed E-state index contributed by atoms with van der Waals surface area (Å²) >= 11 is 0. The lowest BCUT2D eigenvalue weighted by Gasteiger charge is -2.36. The van der Waals surface area contributed by atoms with Gasteiger partial charge in [-0.25, -0.2) is 0 Å². The number of hydrogen-bond acceptors (Lipinski definition) is 0. The zero-order valence-electron chi connectivity index (χ0n) is 8.37. The fourth-order valence-electron chi connectivity index (χ4n) is 3.74. The minimum absolute atomic E-state index is 0.570. The zero-order chi connectivity index (χ0) is 8.89. The molecule has 70 valence electrons. The van der Waals surface area contributed by atoms with Crippen molar-refractivity contribution in [2.24, 2.45) is 23.2 Å². The molecule has 0 heterocycles. The standard InChI is InChI=1S/C13H18/c1-2-13-8-4-3-5-10(9-13)11-6-7-12(11)13/h4,6-8,10-12H,2-3,5,9H2,1H3. The summed E-state index contributed by atoms with van der Waals surface area (Å²) in [5, 5.41) is 0. The Labute approximate surface area is 80.7 Å². The third-order valence-electron chi connectivity index (χ3n) is 4.62. The third kappa shape index (κ3) is 0.868. The van der Waals surface area contributed by atoms with Gasteiger partial charge in [-0.05, 0) is 48.9 Å². The van der Waals surface area contributed by atoms with Gasteiger partial charge in [0.05, 0.1) is 0 Å². The molecule has 3 aliphatic carbocycles. The van der Waals surface area contributed by atoms with Gasteiger partial charge in [-0.1, -0.05) is 31.2 Å². The highest BCUT2D eigenvalue weighted by Crippen LogP contribution is 2.60. The van der Waals surface area contributed by atoms with Crippen LogP contribution in [0.1, 0.15) is 32.6 Å². The number of hydrogen-bond donors (Lipinski definition) is 0. The highest BCUT2D eigenvalue weighted by atomic mass is 14.6. The quantitative estimate of drug-likeness (QED) is 0.533. The molecule has 4 unspecified atom stereocenters. The summed E-state index contributed by atoms with van der Waals surface area (Å²) in [7, 11) is 0. The lowest BCUT2D eigenvalue weighted by Crippen LogP contribution is -2.29. The van der Waals surface area contributed by atoms with E-state index in [2.05, 4.69) is 31.2 Å². The monoisotopic (exact) mass is 174 g/mol. The van der Waals surface area contributed by atoms with Crippen molar-refractivity contribution < 1.29 is 0 Å². The fourth-order valence-corrected chi connectivity index (χ4v) is 3.74. The molecule has 1 fully saturated rings. The molecule has 0 radical (unpaired) electrons. The van der Waals surface area contributed by atoms with Crippen LogP contribution in [0.2, 0.25) is 0 Å². The molecule has 3 rings (SSSR count). The molecular formula is C13H18. The van der Waals surface area contributed by atoms with E-state index in [1.807, 2.05) is 0 Å². The summed E-state index contributed by atoms with van der Waals surface area (Å²) in [4.78, 5) is 0. The van der Waals surface area contributed by atoms with E-state index >= 15 is 0 Å². The molecule has 1 saturated carbocycles. The molecule has 4 atom stereocenters. The molecular weight excluding hydrogens is 156 g/mol. The largest absolute Gasteiger partial charge is 0.0879 e. The van der Waals surface area contributed by atoms with Crippen LogP contribution in [0.15, 0.2) is 24.3 Å². The molecule has 0 aromatic carbocycles. The Morgan fingerprint density at radius 3 is 3.00 bits per heavy atom. The van der Waals surface area contributed by atoms with Gasteiger partial charge in [0.2, 0.25) is 0 Å². The first-order valence-electron chi connectivity index (χ1n) is 5.72. The van der Waals surface area contributed by atoms with E-state index in [0.29, 0.717) is 5.41 Å². The molecule has 0 spiro atoms. The van der Waals surface area contributed by atoms with Crippen molar-refractivity contribution >= 4 is 0 Å². The van der Waals surface area contributed by atoms with Crippen molar-refractivity contribution in [3.05, 3.63) is 24.3 Å². The maximum absolute atomic E-state index is 2.54. The number of allylic oxidation sites excluding steroid dienone is 4. The van der Waals surface area contributed by atoms with E-state index in [9.17, 15) is 0 Å². The molecule has 0 saturated heterocycles. The van der Waals surface area contributed by atoms with E-state index in [-0.39, 0.29) is 0 Å². The minimum atomic E-state index is 0.570. The number of rotatable bonds is 1. The fraction of sp³-hybridized carbons (Fsp3) is 0.692. The molecule has 0 nitrogen and oxygen atoms in total. The Bertz CT molecular complexity index is 274. The Balaban J connectivity index is 2.02. The average molecular weight is 174 g/mol. The zero-order valence-corrected chi connectivity index (χ0v) is 8.37. The van der Waals surface area contributed by atoms with Crippen molar-refractivity contribution in [3.63, 3.8) is 0 Å². The van der Waals surface area contributed by atoms with Crippen LogP contribution in [0.4, 0.5) is 0 Å². The van der Waals surface area contributed by atoms with Crippen molar-refractivity contribution in [2.45, 2.75) is 32.6 Å². The van der Waals surface area contributed by atoms with E-state index < -0.39 is 0 Å². The van der Waals surface area contributed by atoms with Gasteiger partial charge in [-0.2, -0.15) is 0 Å². The van der Waals surface area contributed by atoms with Crippen molar-refractivity contribution in [1.29, 1.82) is 0 Å². The van der Waals surface area contributed by atoms with Gasteiger partial charge in [0, 0.05) is 0 Å². The van der Waals surface area contributed by atoms with Crippen molar-refractivity contribution in [1.82, 2.24) is 0 Å². The van der Waals surface area contributed by atoms with Gasteiger partial charge in [-0.15, -0.1) is 0 Å². The second kappa shape index (κ2) is 2.50. The van der Waals surface area contributed by atoms with E-state index in [1.165, 1.54) is 25.7 Å². The molecule has 13 heavy (non-hydrogen) atoms. The highest BCUT2D eigenvalue weighted by molar-refractivity contribution is 5.26.